The zero-order valence-corrected chi connectivity index (χ0v) is 21.5. The predicted molar refractivity (Wildman–Crippen MR) is 142 cm³/mol. The first-order valence-corrected chi connectivity index (χ1v) is 12.2. The monoisotopic (exact) mass is 508 g/mol. The van der Waals surface area contributed by atoms with Crippen LogP contribution in [0.2, 0.25) is 0 Å². The van der Waals surface area contributed by atoms with Gasteiger partial charge in [0, 0.05) is 47.6 Å². The SMILES string of the molecule is CC(C)(N)C(=O)NC(Cc1c[nH]c2ccccc12)C(=O)N1CCC2(CC1)Cc1ccccc1C2=O.Cl. The summed E-state index contributed by atoms with van der Waals surface area (Å²) in [4.78, 5) is 44.7. The third kappa shape index (κ3) is 4.65. The number of aromatic nitrogens is 1. The second-order valence-corrected chi connectivity index (χ2v) is 10.6. The van der Waals surface area contributed by atoms with Crippen molar-refractivity contribution >= 4 is 40.9 Å². The van der Waals surface area contributed by atoms with E-state index in [1.54, 1.807) is 18.7 Å². The fourth-order valence-electron chi connectivity index (χ4n) is 5.47. The number of nitrogens with zero attached hydrogens (tertiary/aromatic N) is 1. The van der Waals surface area contributed by atoms with Gasteiger partial charge in [-0.15, -0.1) is 12.4 Å². The molecule has 8 heteroatoms. The Morgan fingerprint density at radius 1 is 1.11 bits per heavy atom. The number of piperidine rings is 1. The van der Waals surface area contributed by atoms with Crippen molar-refractivity contribution in [3.8, 4) is 0 Å². The van der Waals surface area contributed by atoms with Crippen LogP contribution < -0.4 is 11.1 Å². The first-order chi connectivity index (χ1) is 16.7. The van der Waals surface area contributed by atoms with Gasteiger partial charge in [-0.2, -0.15) is 0 Å². The molecular weight excluding hydrogens is 476 g/mol. The summed E-state index contributed by atoms with van der Waals surface area (Å²) in [5.74, 6) is -0.301. The molecule has 1 atom stereocenters. The molecule has 1 unspecified atom stereocenters. The Morgan fingerprint density at radius 2 is 1.78 bits per heavy atom. The molecule has 1 saturated heterocycles. The summed E-state index contributed by atoms with van der Waals surface area (Å²) in [7, 11) is 0. The summed E-state index contributed by atoms with van der Waals surface area (Å²) >= 11 is 0. The lowest BCUT2D eigenvalue weighted by molar-refractivity contribution is -0.139. The first-order valence-electron chi connectivity index (χ1n) is 12.2. The lowest BCUT2D eigenvalue weighted by Gasteiger charge is -2.39. The van der Waals surface area contributed by atoms with E-state index in [0.717, 1.165) is 34.0 Å². The predicted octanol–water partition coefficient (Wildman–Crippen LogP) is 3.40. The highest BCUT2D eigenvalue weighted by atomic mass is 35.5. The molecule has 1 aromatic heterocycles. The Balaban J connectivity index is 0.00000304. The van der Waals surface area contributed by atoms with Gasteiger partial charge in [0.1, 0.15) is 6.04 Å². The maximum absolute atomic E-state index is 13.7. The van der Waals surface area contributed by atoms with Gasteiger partial charge < -0.3 is 20.9 Å². The highest BCUT2D eigenvalue weighted by Gasteiger charge is 2.48. The van der Waals surface area contributed by atoms with Crippen molar-refractivity contribution in [2.24, 2.45) is 11.1 Å². The summed E-state index contributed by atoms with van der Waals surface area (Å²) in [6.45, 7) is 4.24. The topological polar surface area (TPSA) is 108 Å². The number of ketones is 1. The second-order valence-electron chi connectivity index (χ2n) is 10.6. The Hall–Kier alpha value is -3.16. The number of nitrogens with two attached hydrogens (primary N) is 1. The Labute approximate surface area is 217 Å². The molecule has 0 bridgehead atoms. The van der Waals surface area contributed by atoms with Crippen molar-refractivity contribution < 1.29 is 14.4 Å². The van der Waals surface area contributed by atoms with Crippen LogP contribution in [-0.2, 0) is 22.4 Å². The fourth-order valence-corrected chi connectivity index (χ4v) is 5.47. The number of nitrogens with one attached hydrogen (secondary N) is 2. The van der Waals surface area contributed by atoms with Gasteiger partial charge in [-0.25, -0.2) is 0 Å². The smallest absolute Gasteiger partial charge is 0.245 e. The van der Waals surface area contributed by atoms with Crippen LogP contribution in [0.25, 0.3) is 10.9 Å². The Morgan fingerprint density at radius 3 is 2.47 bits per heavy atom. The minimum atomic E-state index is -1.10. The normalized spacial score (nSPS) is 17.5. The zero-order chi connectivity index (χ0) is 24.8. The van der Waals surface area contributed by atoms with Crippen LogP contribution in [0.5, 0.6) is 0 Å². The number of benzene rings is 2. The van der Waals surface area contributed by atoms with E-state index in [9.17, 15) is 14.4 Å². The van der Waals surface area contributed by atoms with Crippen molar-refractivity contribution in [2.45, 2.75) is 51.1 Å². The van der Waals surface area contributed by atoms with Gasteiger partial charge in [0.05, 0.1) is 5.54 Å². The van der Waals surface area contributed by atoms with Crippen molar-refractivity contribution in [2.75, 3.05) is 13.1 Å². The number of likely N-dealkylation sites (tertiary alicyclic amines) is 1. The maximum atomic E-state index is 13.7. The van der Waals surface area contributed by atoms with Gasteiger partial charge in [0.2, 0.25) is 11.8 Å². The standard InChI is InChI=1S/C28H32N4O3.ClH/c1-27(2,29)26(35)31-23(15-19-17-30-22-10-6-5-8-20(19)22)25(34)32-13-11-28(12-14-32)16-18-7-3-4-9-21(18)24(28)33;/h3-10,17,23,30H,11-16,29H2,1-2H3,(H,31,35);1H. The highest BCUT2D eigenvalue weighted by Crippen LogP contribution is 2.44. The molecule has 2 aromatic carbocycles. The summed E-state index contributed by atoms with van der Waals surface area (Å²) < 4.78 is 0. The molecule has 7 nitrogen and oxygen atoms in total. The molecule has 0 radical (unpaired) electrons. The number of rotatable bonds is 5. The van der Waals surface area contributed by atoms with Crippen LogP contribution in [0.15, 0.2) is 54.7 Å². The molecule has 5 rings (SSSR count). The number of carbonyl (C=O) groups is 3. The molecule has 2 amide bonds. The maximum Gasteiger partial charge on any atom is 0.245 e. The minimum Gasteiger partial charge on any atom is -0.361 e. The number of carbonyl (C=O) groups excluding carboxylic acids is 3. The number of H-pyrrole nitrogens is 1. The number of hydrogen-bond donors (Lipinski definition) is 3. The van der Waals surface area contributed by atoms with Crippen LogP contribution in [0.1, 0.15) is 48.2 Å². The zero-order valence-electron chi connectivity index (χ0n) is 20.7. The number of para-hydroxylation sites is 1. The lowest BCUT2D eigenvalue weighted by Crippen LogP contribution is -2.58. The number of halogens is 1. The summed E-state index contributed by atoms with van der Waals surface area (Å²) in [5.41, 5.74) is 8.37. The third-order valence-corrected chi connectivity index (χ3v) is 7.59. The van der Waals surface area contributed by atoms with Gasteiger partial charge in [-0.3, -0.25) is 14.4 Å². The molecule has 1 fully saturated rings. The minimum absolute atomic E-state index is 0. The number of aromatic amines is 1. The van der Waals surface area contributed by atoms with E-state index in [1.807, 2.05) is 54.7 Å². The molecule has 2 aliphatic rings. The van der Waals surface area contributed by atoms with Gasteiger partial charge in [-0.05, 0) is 50.3 Å². The number of fused-ring (bicyclic) bond motifs is 2. The molecule has 3 aromatic rings. The fraction of sp³-hybridized carbons (Fsp3) is 0.393. The first kappa shape index (κ1) is 25.9. The largest absolute Gasteiger partial charge is 0.361 e. The number of Topliss-reactive ketones (excluding diaryl/α,β-unsaturated/α-hetero) is 1. The summed E-state index contributed by atoms with van der Waals surface area (Å²) in [5, 5.41) is 3.93. The van der Waals surface area contributed by atoms with Crippen LogP contribution in [0.4, 0.5) is 0 Å². The molecule has 0 saturated carbocycles. The van der Waals surface area contributed by atoms with Gasteiger partial charge in [-0.1, -0.05) is 42.5 Å². The van der Waals surface area contributed by atoms with E-state index < -0.39 is 17.0 Å². The Kier molecular flexibility index (Phi) is 6.99. The molecule has 190 valence electrons. The van der Waals surface area contributed by atoms with E-state index in [4.69, 9.17) is 5.73 Å². The molecule has 1 spiro atoms. The van der Waals surface area contributed by atoms with Crippen LogP contribution in [0.3, 0.4) is 0 Å². The van der Waals surface area contributed by atoms with E-state index >= 15 is 0 Å². The van der Waals surface area contributed by atoms with Crippen LogP contribution in [0, 0.1) is 5.41 Å². The average Bonchev–Trinajstić information content (AvgIpc) is 3.37. The van der Waals surface area contributed by atoms with E-state index in [-0.39, 0.29) is 30.0 Å². The number of amides is 2. The second kappa shape index (κ2) is 9.71. The van der Waals surface area contributed by atoms with Crippen molar-refractivity contribution in [3.63, 3.8) is 0 Å². The Bertz CT molecular complexity index is 1300. The molecule has 1 aliphatic carbocycles. The van der Waals surface area contributed by atoms with E-state index in [1.165, 1.54) is 0 Å². The number of hydrogen-bond acceptors (Lipinski definition) is 4. The summed E-state index contributed by atoms with van der Waals surface area (Å²) in [6.07, 6.45) is 4.24. The van der Waals surface area contributed by atoms with Crippen LogP contribution >= 0.6 is 12.4 Å². The highest BCUT2D eigenvalue weighted by molar-refractivity contribution is 6.05. The van der Waals surface area contributed by atoms with Crippen molar-refractivity contribution in [1.82, 2.24) is 15.2 Å². The average molecular weight is 509 g/mol. The molecule has 4 N–H and O–H groups in total. The van der Waals surface area contributed by atoms with E-state index in [2.05, 4.69) is 10.3 Å². The third-order valence-electron chi connectivity index (χ3n) is 7.59. The van der Waals surface area contributed by atoms with Gasteiger partial charge >= 0.3 is 0 Å². The van der Waals surface area contributed by atoms with Crippen molar-refractivity contribution in [1.29, 1.82) is 0 Å². The quantitative estimate of drug-likeness (QED) is 0.490. The van der Waals surface area contributed by atoms with Gasteiger partial charge in [0.15, 0.2) is 5.78 Å². The lowest BCUT2D eigenvalue weighted by atomic mass is 9.75. The molecule has 2 heterocycles. The molecule has 36 heavy (non-hydrogen) atoms. The molecule has 1 aliphatic heterocycles. The molecular formula is C28H33ClN4O3. The van der Waals surface area contributed by atoms with Crippen molar-refractivity contribution in [3.05, 3.63) is 71.4 Å². The van der Waals surface area contributed by atoms with Gasteiger partial charge in [0.25, 0.3) is 0 Å². The van der Waals surface area contributed by atoms with Crippen LogP contribution in [-0.4, -0.2) is 52.2 Å². The van der Waals surface area contributed by atoms with E-state index in [0.29, 0.717) is 32.4 Å². The summed E-state index contributed by atoms with van der Waals surface area (Å²) in [6, 6.07) is 15.0.